The highest BCUT2D eigenvalue weighted by molar-refractivity contribution is 5.75. The number of aliphatic hydroxyl groups excluding tert-OH is 4. The van der Waals surface area contributed by atoms with Gasteiger partial charge in [-0.1, -0.05) is 32.6 Å². The third kappa shape index (κ3) is 5.65. The number of hydrogen-bond donors (Lipinski definition) is 6. The molecule has 0 unspecified atom stereocenters. The lowest BCUT2D eigenvalue weighted by Gasteiger charge is -2.46. The standard InChI is InChI=1S/C16H31NO7/c1-2-3-4-5-6-9-17-12(19)7-8-16(23)14(21)13(20)11(10-18)24-15(16)22/h11,13-15,18,20-23H,2-10H2,1H3,(H,17,19)/t11-,13-,14+,15+,16-/m1/s1. The van der Waals surface area contributed by atoms with Gasteiger partial charge in [-0.05, 0) is 12.8 Å². The highest BCUT2D eigenvalue weighted by atomic mass is 16.6. The predicted octanol–water partition coefficient (Wildman–Crippen LogP) is -0.984. The lowest BCUT2D eigenvalue weighted by Crippen LogP contribution is -2.66. The Bertz CT molecular complexity index is 381. The van der Waals surface area contributed by atoms with Gasteiger partial charge in [0.05, 0.1) is 6.61 Å². The van der Waals surface area contributed by atoms with Crippen molar-refractivity contribution in [2.75, 3.05) is 13.2 Å². The van der Waals surface area contributed by atoms with Crippen LogP contribution < -0.4 is 5.32 Å². The summed E-state index contributed by atoms with van der Waals surface area (Å²) in [6.45, 7) is 2.06. The van der Waals surface area contributed by atoms with Gasteiger partial charge in [0.15, 0.2) is 6.29 Å². The lowest BCUT2D eigenvalue weighted by atomic mass is 9.83. The van der Waals surface area contributed by atoms with Crippen molar-refractivity contribution >= 4 is 5.91 Å². The van der Waals surface area contributed by atoms with E-state index < -0.39 is 36.8 Å². The highest BCUT2D eigenvalue weighted by Gasteiger charge is 2.53. The molecule has 24 heavy (non-hydrogen) atoms. The molecule has 0 bridgehead atoms. The van der Waals surface area contributed by atoms with E-state index in [9.17, 15) is 25.2 Å². The summed E-state index contributed by atoms with van der Waals surface area (Å²) in [7, 11) is 0. The van der Waals surface area contributed by atoms with E-state index in [-0.39, 0.29) is 18.7 Å². The predicted molar refractivity (Wildman–Crippen MR) is 85.9 cm³/mol. The monoisotopic (exact) mass is 349 g/mol. The summed E-state index contributed by atoms with van der Waals surface area (Å²) in [6, 6.07) is 0. The van der Waals surface area contributed by atoms with E-state index in [0.29, 0.717) is 6.54 Å². The van der Waals surface area contributed by atoms with Crippen LogP contribution in [0.3, 0.4) is 0 Å². The summed E-state index contributed by atoms with van der Waals surface area (Å²) in [5, 5.41) is 51.7. The van der Waals surface area contributed by atoms with Crippen LogP contribution in [0.5, 0.6) is 0 Å². The number of nitrogens with one attached hydrogen (secondary N) is 1. The van der Waals surface area contributed by atoms with E-state index >= 15 is 0 Å². The first-order chi connectivity index (χ1) is 11.4. The SMILES string of the molecule is CCCCCCCNC(=O)CC[C@]1(O)[C@@H](O)O[C@H](CO)[C@@H](O)[C@@H]1O. The number of amides is 1. The lowest BCUT2D eigenvalue weighted by molar-refractivity contribution is -0.330. The van der Waals surface area contributed by atoms with E-state index in [4.69, 9.17) is 9.84 Å². The van der Waals surface area contributed by atoms with Crippen LogP contribution in [0.4, 0.5) is 0 Å². The van der Waals surface area contributed by atoms with E-state index in [2.05, 4.69) is 12.2 Å². The van der Waals surface area contributed by atoms with Gasteiger partial charge in [-0.2, -0.15) is 0 Å². The summed E-state index contributed by atoms with van der Waals surface area (Å²) in [4.78, 5) is 11.8. The zero-order chi connectivity index (χ0) is 18.2. The maximum Gasteiger partial charge on any atom is 0.220 e. The number of carbonyl (C=O) groups is 1. The molecule has 0 spiro atoms. The first-order valence-electron chi connectivity index (χ1n) is 8.66. The molecule has 1 aliphatic heterocycles. The third-order valence-corrected chi connectivity index (χ3v) is 4.48. The Morgan fingerprint density at radius 2 is 1.83 bits per heavy atom. The molecule has 5 atom stereocenters. The Labute approximate surface area is 142 Å². The molecule has 1 saturated heterocycles. The first kappa shape index (κ1) is 21.3. The Kier molecular flexibility index (Phi) is 9.11. The molecule has 0 aromatic rings. The second-order valence-electron chi connectivity index (χ2n) is 6.40. The third-order valence-electron chi connectivity index (χ3n) is 4.48. The molecule has 0 saturated carbocycles. The van der Waals surface area contributed by atoms with Crippen LogP contribution in [0.1, 0.15) is 51.9 Å². The van der Waals surface area contributed by atoms with Crippen molar-refractivity contribution in [2.45, 2.75) is 82.1 Å². The fourth-order valence-corrected chi connectivity index (χ4v) is 2.79. The highest BCUT2D eigenvalue weighted by Crippen LogP contribution is 2.32. The minimum Gasteiger partial charge on any atom is -0.394 e. The van der Waals surface area contributed by atoms with Gasteiger partial charge in [-0.25, -0.2) is 0 Å². The second kappa shape index (κ2) is 10.3. The molecule has 0 aromatic carbocycles. The Morgan fingerprint density at radius 3 is 2.46 bits per heavy atom. The van der Waals surface area contributed by atoms with Crippen LogP contribution in [-0.4, -0.2) is 74.8 Å². The molecule has 1 heterocycles. The zero-order valence-corrected chi connectivity index (χ0v) is 14.2. The number of unbranched alkanes of at least 4 members (excludes halogenated alkanes) is 4. The molecule has 0 aliphatic carbocycles. The normalized spacial score (nSPS) is 33.4. The van der Waals surface area contributed by atoms with Gasteiger partial charge in [-0.3, -0.25) is 4.79 Å². The molecule has 8 heteroatoms. The fraction of sp³-hybridized carbons (Fsp3) is 0.938. The quantitative estimate of drug-likeness (QED) is 0.278. The van der Waals surface area contributed by atoms with E-state index in [1.807, 2.05) is 0 Å². The molecule has 6 N–H and O–H groups in total. The minimum absolute atomic E-state index is 0.126. The van der Waals surface area contributed by atoms with Gasteiger partial charge in [-0.15, -0.1) is 0 Å². The topological polar surface area (TPSA) is 139 Å². The van der Waals surface area contributed by atoms with Gasteiger partial charge >= 0.3 is 0 Å². The Balaban J connectivity index is 2.37. The smallest absolute Gasteiger partial charge is 0.220 e. The van der Waals surface area contributed by atoms with Crippen molar-refractivity contribution in [1.29, 1.82) is 0 Å². The van der Waals surface area contributed by atoms with Gasteiger partial charge in [0.1, 0.15) is 23.9 Å². The number of rotatable bonds is 10. The van der Waals surface area contributed by atoms with Crippen LogP contribution in [0.2, 0.25) is 0 Å². The van der Waals surface area contributed by atoms with Crippen molar-refractivity contribution < 1.29 is 35.1 Å². The fourth-order valence-electron chi connectivity index (χ4n) is 2.79. The van der Waals surface area contributed by atoms with E-state index in [1.165, 1.54) is 6.42 Å². The number of ether oxygens (including phenoxy) is 1. The van der Waals surface area contributed by atoms with E-state index in [0.717, 1.165) is 25.7 Å². The average molecular weight is 349 g/mol. The summed E-state index contributed by atoms with van der Waals surface area (Å²) in [5.41, 5.74) is -2.16. The molecule has 1 aliphatic rings. The minimum atomic E-state index is -2.16. The summed E-state index contributed by atoms with van der Waals surface area (Å²) in [5.74, 6) is -0.308. The summed E-state index contributed by atoms with van der Waals surface area (Å²) >= 11 is 0. The molecule has 142 valence electrons. The van der Waals surface area contributed by atoms with Crippen molar-refractivity contribution in [2.24, 2.45) is 0 Å². The largest absolute Gasteiger partial charge is 0.394 e. The van der Waals surface area contributed by atoms with Gasteiger partial charge in [0.2, 0.25) is 5.91 Å². The maximum atomic E-state index is 11.8. The van der Waals surface area contributed by atoms with Crippen molar-refractivity contribution in [3.05, 3.63) is 0 Å². The molecule has 0 radical (unpaired) electrons. The maximum absolute atomic E-state index is 11.8. The molecule has 1 amide bonds. The Hall–Kier alpha value is -0.770. The summed E-state index contributed by atoms with van der Waals surface area (Å²) in [6.07, 6.45) is -1.28. The van der Waals surface area contributed by atoms with Crippen molar-refractivity contribution in [3.63, 3.8) is 0 Å². The second-order valence-corrected chi connectivity index (χ2v) is 6.40. The Morgan fingerprint density at radius 1 is 1.17 bits per heavy atom. The molecular formula is C16H31NO7. The van der Waals surface area contributed by atoms with Crippen molar-refractivity contribution in [3.8, 4) is 0 Å². The number of carbonyl (C=O) groups excluding carboxylic acids is 1. The van der Waals surface area contributed by atoms with Gasteiger partial charge in [0.25, 0.3) is 0 Å². The molecule has 0 aromatic heterocycles. The van der Waals surface area contributed by atoms with Crippen LogP contribution in [0.25, 0.3) is 0 Å². The van der Waals surface area contributed by atoms with E-state index in [1.54, 1.807) is 0 Å². The van der Waals surface area contributed by atoms with Gasteiger partial charge < -0.3 is 35.6 Å². The first-order valence-corrected chi connectivity index (χ1v) is 8.66. The average Bonchev–Trinajstić information content (AvgIpc) is 2.57. The molecule has 1 fully saturated rings. The zero-order valence-electron chi connectivity index (χ0n) is 14.2. The number of hydrogen-bond acceptors (Lipinski definition) is 7. The molecule has 8 nitrogen and oxygen atoms in total. The van der Waals surface area contributed by atoms with Crippen LogP contribution in [-0.2, 0) is 9.53 Å². The van der Waals surface area contributed by atoms with Crippen LogP contribution in [0.15, 0.2) is 0 Å². The van der Waals surface area contributed by atoms with Crippen LogP contribution in [0, 0.1) is 0 Å². The van der Waals surface area contributed by atoms with Crippen LogP contribution >= 0.6 is 0 Å². The summed E-state index contributed by atoms with van der Waals surface area (Å²) < 4.78 is 4.92. The molecular weight excluding hydrogens is 318 g/mol. The number of aliphatic hydroxyl groups is 5. The van der Waals surface area contributed by atoms with Gasteiger partial charge in [0, 0.05) is 13.0 Å². The van der Waals surface area contributed by atoms with Crippen molar-refractivity contribution in [1.82, 2.24) is 5.32 Å². The molecule has 1 rings (SSSR count).